The van der Waals surface area contributed by atoms with Crippen LogP contribution in [0.2, 0.25) is 0 Å². The van der Waals surface area contributed by atoms with Crippen molar-refractivity contribution in [1.29, 1.82) is 0 Å². The fourth-order valence-corrected chi connectivity index (χ4v) is 3.74. The molecule has 2 fully saturated rings. The summed E-state index contributed by atoms with van der Waals surface area (Å²) in [7, 11) is 0. The van der Waals surface area contributed by atoms with E-state index in [0.717, 1.165) is 17.0 Å². The van der Waals surface area contributed by atoms with Crippen LogP contribution in [0.5, 0.6) is 0 Å². The fourth-order valence-electron chi connectivity index (χ4n) is 3.74. The number of nitrogens with zero attached hydrogens (tertiary/aromatic N) is 1. The van der Waals surface area contributed by atoms with Crippen LogP contribution in [0.3, 0.4) is 0 Å². The second-order valence-electron chi connectivity index (χ2n) is 8.08. The molecule has 3 aromatic rings. The van der Waals surface area contributed by atoms with Crippen LogP contribution in [0.15, 0.2) is 65.2 Å². The van der Waals surface area contributed by atoms with Crippen LogP contribution in [0.1, 0.15) is 46.9 Å². The van der Waals surface area contributed by atoms with E-state index in [0.29, 0.717) is 29.8 Å². The summed E-state index contributed by atoms with van der Waals surface area (Å²) in [6.45, 7) is 1.18. The summed E-state index contributed by atoms with van der Waals surface area (Å²) in [5, 5.41) is 7.71. The minimum absolute atomic E-state index is 0.0437. The summed E-state index contributed by atoms with van der Waals surface area (Å²) in [6.07, 6.45) is 4.35. The molecule has 0 amide bonds. The highest BCUT2D eigenvalue weighted by Gasteiger charge is 2.38. The first-order chi connectivity index (χ1) is 13.8. The maximum Gasteiger partial charge on any atom is 0.205 e. The van der Waals surface area contributed by atoms with Gasteiger partial charge in [0.1, 0.15) is 5.69 Å². The lowest BCUT2D eigenvalue weighted by Gasteiger charge is -2.04. The zero-order valence-electron chi connectivity index (χ0n) is 15.8. The van der Waals surface area contributed by atoms with Crippen LogP contribution >= 0.6 is 0 Å². The second kappa shape index (κ2) is 7.36. The van der Waals surface area contributed by atoms with E-state index in [1.165, 1.54) is 31.4 Å². The molecular weight excluding hydrogens is 348 g/mol. The van der Waals surface area contributed by atoms with Gasteiger partial charge < -0.3 is 9.84 Å². The van der Waals surface area contributed by atoms with Crippen LogP contribution in [0.4, 0.5) is 0 Å². The Labute approximate surface area is 164 Å². The van der Waals surface area contributed by atoms with E-state index < -0.39 is 0 Å². The van der Waals surface area contributed by atoms with Crippen molar-refractivity contribution < 1.29 is 9.32 Å². The number of rotatable bonds is 8. The maximum absolute atomic E-state index is 12.6. The molecule has 28 heavy (non-hydrogen) atoms. The lowest BCUT2D eigenvalue weighted by Crippen LogP contribution is -2.20. The van der Waals surface area contributed by atoms with Crippen LogP contribution in [0, 0.1) is 5.92 Å². The Morgan fingerprint density at radius 1 is 1.07 bits per heavy atom. The third kappa shape index (κ3) is 3.92. The molecule has 4 nitrogen and oxygen atoms in total. The van der Waals surface area contributed by atoms with Gasteiger partial charge >= 0.3 is 0 Å². The molecule has 2 aliphatic carbocycles. The highest BCUT2D eigenvalue weighted by atomic mass is 16.5. The van der Waals surface area contributed by atoms with Gasteiger partial charge in [-0.3, -0.25) is 4.79 Å². The van der Waals surface area contributed by atoms with E-state index in [4.69, 9.17) is 4.52 Å². The van der Waals surface area contributed by atoms with Gasteiger partial charge in [-0.15, -0.1) is 0 Å². The normalized spacial score (nSPS) is 20.9. The molecule has 2 saturated carbocycles. The topological polar surface area (TPSA) is 55.1 Å². The van der Waals surface area contributed by atoms with Gasteiger partial charge in [-0.2, -0.15) is 0 Å². The number of hydrogen-bond acceptors (Lipinski definition) is 4. The van der Waals surface area contributed by atoms with Crippen LogP contribution in [-0.4, -0.2) is 23.5 Å². The maximum atomic E-state index is 12.6. The van der Waals surface area contributed by atoms with E-state index in [9.17, 15) is 4.79 Å². The molecule has 2 atom stereocenters. The molecule has 2 aromatic carbocycles. The van der Waals surface area contributed by atoms with Gasteiger partial charge in [0, 0.05) is 30.0 Å². The Hall–Kier alpha value is -2.72. The van der Waals surface area contributed by atoms with Gasteiger partial charge in [0.15, 0.2) is 0 Å². The molecule has 0 saturated heterocycles. The van der Waals surface area contributed by atoms with E-state index >= 15 is 0 Å². The minimum atomic E-state index is -0.0437. The summed E-state index contributed by atoms with van der Waals surface area (Å²) >= 11 is 0. The molecule has 1 heterocycles. The van der Waals surface area contributed by atoms with Crippen molar-refractivity contribution in [3.05, 3.63) is 77.6 Å². The van der Waals surface area contributed by atoms with Crippen LogP contribution < -0.4 is 5.32 Å². The van der Waals surface area contributed by atoms with Crippen molar-refractivity contribution in [3.63, 3.8) is 0 Å². The average Bonchev–Trinajstić information content (AvgIpc) is 3.65. The molecule has 4 heteroatoms. The molecule has 0 spiro atoms. The third-order valence-corrected chi connectivity index (χ3v) is 5.78. The number of benzene rings is 2. The summed E-state index contributed by atoms with van der Waals surface area (Å²) < 4.78 is 5.28. The van der Waals surface area contributed by atoms with Gasteiger partial charge in [-0.25, -0.2) is 0 Å². The zero-order valence-corrected chi connectivity index (χ0v) is 15.8. The number of aromatic nitrogens is 1. The zero-order chi connectivity index (χ0) is 18.9. The van der Waals surface area contributed by atoms with Crippen LogP contribution in [0.25, 0.3) is 11.3 Å². The Balaban J connectivity index is 1.18. The molecule has 0 bridgehead atoms. The number of hydrogen-bond donors (Lipinski definition) is 1. The van der Waals surface area contributed by atoms with E-state index in [-0.39, 0.29) is 5.78 Å². The van der Waals surface area contributed by atoms with Crippen molar-refractivity contribution in [2.75, 3.05) is 6.54 Å². The predicted octanol–water partition coefficient (Wildman–Crippen LogP) is 4.62. The predicted molar refractivity (Wildman–Crippen MR) is 108 cm³/mol. The molecular formula is C24H24N2O2. The van der Waals surface area contributed by atoms with Gasteiger partial charge in [0.2, 0.25) is 11.5 Å². The minimum Gasteiger partial charge on any atom is -0.352 e. The van der Waals surface area contributed by atoms with E-state index in [1.54, 1.807) is 6.07 Å². The number of nitrogens with one attached hydrogen (secondary N) is 1. The average molecular weight is 372 g/mol. The number of ketones is 1. The number of Topliss-reactive ketones (excluding diaryl/α,β-unsaturated/α-hetero) is 1. The van der Waals surface area contributed by atoms with Crippen molar-refractivity contribution >= 4 is 5.78 Å². The molecule has 5 rings (SSSR count). The van der Waals surface area contributed by atoms with Gasteiger partial charge in [-0.05, 0) is 42.9 Å². The first-order valence-corrected chi connectivity index (χ1v) is 10.1. The smallest absolute Gasteiger partial charge is 0.205 e. The molecule has 1 aromatic heterocycles. The first-order valence-electron chi connectivity index (χ1n) is 10.1. The highest BCUT2D eigenvalue weighted by molar-refractivity contribution is 5.95. The second-order valence-corrected chi connectivity index (χ2v) is 8.08. The van der Waals surface area contributed by atoms with Crippen molar-refractivity contribution in [1.82, 2.24) is 10.5 Å². The highest BCUT2D eigenvalue weighted by Crippen LogP contribution is 2.41. The quantitative estimate of drug-likeness (QED) is 0.586. The molecule has 142 valence electrons. The van der Waals surface area contributed by atoms with Crippen molar-refractivity contribution in [2.24, 2.45) is 5.92 Å². The first kappa shape index (κ1) is 17.4. The summed E-state index contributed by atoms with van der Waals surface area (Å²) in [4.78, 5) is 12.6. The van der Waals surface area contributed by atoms with Crippen molar-refractivity contribution in [3.8, 4) is 11.3 Å². The van der Waals surface area contributed by atoms with Gasteiger partial charge in [0.05, 0.1) is 0 Å². The Morgan fingerprint density at radius 2 is 1.86 bits per heavy atom. The Morgan fingerprint density at radius 3 is 2.61 bits per heavy atom. The molecule has 2 unspecified atom stereocenters. The van der Waals surface area contributed by atoms with E-state index in [2.05, 4.69) is 34.7 Å². The van der Waals surface area contributed by atoms with Crippen LogP contribution in [-0.2, 0) is 6.42 Å². The van der Waals surface area contributed by atoms with E-state index in [1.807, 2.05) is 30.3 Å². The lowest BCUT2D eigenvalue weighted by molar-refractivity contribution is 0.0957. The fraction of sp³-hybridized carbons (Fsp3) is 0.333. The Bertz CT molecular complexity index is 958. The Kier molecular flexibility index (Phi) is 4.57. The third-order valence-electron chi connectivity index (χ3n) is 5.78. The summed E-state index contributed by atoms with van der Waals surface area (Å²) in [5.41, 5.74) is 4.02. The molecule has 0 radical (unpaired) electrons. The lowest BCUT2D eigenvalue weighted by atomic mass is 10.0. The number of carbonyl (C=O) groups excluding carboxylic acids is 1. The van der Waals surface area contributed by atoms with Crippen molar-refractivity contribution in [2.45, 2.75) is 37.6 Å². The SMILES string of the molecule is O=C(Cc1ccc(C2CC2NCC2CC2)cc1)c1cc(-c2ccccc2)no1. The van der Waals surface area contributed by atoms with Gasteiger partial charge in [0.25, 0.3) is 0 Å². The molecule has 2 aliphatic rings. The number of carbonyl (C=O) groups is 1. The molecule has 0 aliphatic heterocycles. The summed E-state index contributed by atoms with van der Waals surface area (Å²) in [5.74, 6) is 1.83. The molecule has 1 N–H and O–H groups in total. The van der Waals surface area contributed by atoms with Gasteiger partial charge in [-0.1, -0.05) is 59.8 Å². The summed E-state index contributed by atoms with van der Waals surface area (Å²) in [6, 6.07) is 20.6. The monoisotopic (exact) mass is 372 g/mol. The standard InChI is InChI=1S/C24H24N2O2/c27-23(24-14-21(26-28-24)19-4-2-1-3-5-19)12-16-8-10-18(11-9-16)20-13-22(20)25-15-17-6-7-17/h1-5,8-11,14,17,20,22,25H,6-7,12-13,15H2. The largest absolute Gasteiger partial charge is 0.352 e.